The van der Waals surface area contributed by atoms with Crippen LogP contribution >= 0.6 is 0 Å². The van der Waals surface area contributed by atoms with Crippen LogP contribution in [0.2, 0.25) is 0 Å². The molecule has 0 saturated heterocycles. The van der Waals surface area contributed by atoms with Crippen LogP contribution in [0, 0.1) is 5.92 Å². The summed E-state index contributed by atoms with van der Waals surface area (Å²) in [7, 11) is 0. The Labute approximate surface area is 135 Å². The smallest absolute Gasteiger partial charge is 0.251 e. The maximum atomic E-state index is 11.8. The summed E-state index contributed by atoms with van der Waals surface area (Å²) in [5, 5.41) is 5.17. The number of nitrogens with two attached hydrogens (primary N) is 2. The standard InChI is InChI=1S/C16H24N4O3/c1-10(2)7-13(17)16(23)19-8-11-3-5-12(6-4-11)15(22)20-9-14(18)21/h3-6,10,13H,7-9,17H2,1-2H3,(H2,18,21)(H,19,23)(H,20,22)/t13-/m0/s1. The molecule has 7 heteroatoms. The number of hydrogen-bond donors (Lipinski definition) is 4. The van der Waals surface area contributed by atoms with Crippen LogP contribution in [0.5, 0.6) is 0 Å². The molecule has 0 aliphatic carbocycles. The quantitative estimate of drug-likeness (QED) is 0.533. The van der Waals surface area contributed by atoms with Gasteiger partial charge in [-0.15, -0.1) is 0 Å². The second-order valence-corrected chi connectivity index (χ2v) is 5.80. The van der Waals surface area contributed by atoms with Gasteiger partial charge in [0.15, 0.2) is 0 Å². The van der Waals surface area contributed by atoms with Gasteiger partial charge in [-0.1, -0.05) is 26.0 Å². The van der Waals surface area contributed by atoms with Gasteiger partial charge < -0.3 is 22.1 Å². The zero-order chi connectivity index (χ0) is 17.4. The third-order valence-electron chi connectivity index (χ3n) is 3.17. The molecule has 6 N–H and O–H groups in total. The molecule has 0 fully saturated rings. The zero-order valence-corrected chi connectivity index (χ0v) is 13.5. The van der Waals surface area contributed by atoms with Crippen molar-refractivity contribution in [3.05, 3.63) is 35.4 Å². The highest BCUT2D eigenvalue weighted by Crippen LogP contribution is 2.06. The summed E-state index contributed by atoms with van der Waals surface area (Å²) in [6.45, 7) is 4.16. The molecule has 0 unspecified atom stereocenters. The van der Waals surface area contributed by atoms with Crippen molar-refractivity contribution in [1.82, 2.24) is 10.6 Å². The van der Waals surface area contributed by atoms with E-state index in [-0.39, 0.29) is 18.4 Å². The molecule has 0 heterocycles. The summed E-state index contributed by atoms with van der Waals surface area (Å²) in [6, 6.07) is 6.17. The minimum atomic E-state index is -0.601. The first kappa shape index (κ1) is 18.6. The molecule has 0 spiro atoms. The van der Waals surface area contributed by atoms with Gasteiger partial charge in [-0.05, 0) is 30.0 Å². The van der Waals surface area contributed by atoms with Crippen molar-refractivity contribution in [2.45, 2.75) is 32.9 Å². The van der Waals surface area contributed by atoms with Crippen LogP contribution in [0.15, 0.2) is 24.3 Å². The number of carbonyl (C=O) groups is 3. The number of benzene rings is 1. The maximum Gasteiger partial charge on any atom is 0.251 e. The molecule has 126 valence electrons. The Kier molecular flexibility index (Phi) is 7.21. The van der Waals surface area contributed by atoms with Gasteiger partial charge >= 0.3 is 0 Å². The van der Waals surface area contributed by atoms with Crippen LogP contribution in [-0.2, 0) is 16.1 Å². The van der Waals surface area contributed by atoms with E-state index in [0.29, 0.717) is 24.4 Å². The molecular formula is C16H24N4O3. The summed E-state index contributed by atoms with van der Waals surface area (Å²) in [4.78, 5) is 34.2. The molecular weight excluding hydrogens is 296 g/mol. The molecule has 1 aromatic rings. The van der Waals surface area contributed by atoms with Gasteiger partial charge in [-0.3, -0.25) is 14.4 Å². The molecule has 1 atom stereocenters. The van der Waals surface area contributed by atoms with Crippen LogP contribution < -0.4 is 22.1 Å². The summed E-state index contributed by atoms with van der Waals surface area (Å²) in [5.41, 5.74) is 12.0. The van der Waals surface area contributed by atoms with Gasteiger partial charge in [0.2, 0.25) is 11.8 Å². The Bertz CT molecular complexity index is 555. The highest BCUT2D eigenvalue weighted by atomic mass is 16.2. The summed E-state index contributed by atoms with van der Waals surface area (Å²) < 4.78 is 0. The predicted molar refractivity (Wildman–Crippen MR) is 87.2 cm³/mol. The first-order valence-electron chi connectivity index (χ1n) is 7.48. The van der Waals surface area contributed by atoms with E-state index >= 15 is 0 Å². The van der Waals surface area contributed by atoms with E-state index in [1.54, 1.807) is 24.3 Å². The predicted octanol–water partition coefficient (Wildman–Crippen LogP) is -0.109. The molecule has 0 bridgehead atoms. The minimum Gasteiger partial charge on any atom is -0.368 e. The molecule has 1 aromatic carbocycles. The lowest BCUT2D eigenvalue weighted by Gasteiger charge is -2.14. The third-order valence-corrected chi connectivity index (χ3v) is 3.17. The molecule has 7 nitrogen and oxygen atoms in total. The Morgan fingerprint density at radius 1 is 1.09 bits per heavy atom. The van der Waals surface area contributed by atoms with Crippen LogP contribution in [0.3, 0.4) is 0 Å². The number of carbonyl (C=O) groups excluding carboxylic acids is 3. The Balaban J connectivity index is 2.49. The first-order valence-corrected chi connectivity index (χ1v) is 7.48. The van der Waals surface area contributed by atoms with Crippen molar-refractivity contribution in [1.29, 1.82) is 0 Å². The molecule has 1 rings (SSSR count). The van der Waals surface area contributed by atoms with Gasteiger partial charge in [0.1, 0.15) is 0 Å². The lowest BCUT2D eigenvalue weighted by molar-refractivity contribution is -0.122. The maximum absolute atomic E-state index is 11.8. The fourth-order valence-electron chi connectivity index (χ4n) is 1.98. The lowest BCUT2D eigenvalue weighted by atomic mass is 10.0. The van der Waals surface area contributed by atoms with E-state index in [1.165, 1.54) is 0 Å². The summed E-state index contributed by atoms with van der Waals surface area (Å²) in [6.07, 6.45) is 0.630. The SMILES string of the molecule is CC(C)C[C@H](N)C(=O)NCc1ccc(C(=O)NCC(N)=O)cc1. The van der Waals surface area contributed by atoms with Crippen molar-refractivity contribution in [3.8, 4) is 0 Å². The van der Waals surface area contributed by atoms with Gasteiger partial charge in [-0.2, -0.15) is 0 Å². The monoisotopic (exact) mass is 320 g/mol. The normalized spacial score (nSPS) is 11.8. The van der Waals surface area contributed by atoms with E-state index in [2.05, 4.69) is 10.6 Å². The molecule has 0 aliphatic heterocycles. The first-order chi connectivity index (χ1) is 10.8. The average Bonchev–Trinajstić information content (AvgIpc) is 2.50. The van der Waals surface area contributed by atoms with Crippen molar-refractivity contribution in [2.24, 2.45) is 17.4 Å². The molecule has 0 radical (unpaired) electrons. The van der Waals surface area contributed by atoms with Crippen molar-refractivity contribution in [3.63, 3.8) is 0 Å². The second kappa shape index (κ2) is 8.89. The van der Waals surface area contributed by atoms with E-state index in [9.17, 15) is 14.4 Å². The molecule has 0 aliphatic rings. The van der Waals surface area contributed by atoms with Crippen LogP contribution in [-0.4, -0.2) is 30.3 Å². The van der Waals surface area contributed by atoms with Gasteiger partial charge in [0.05, 0.1) is 12.6 Å². The van der Waals surface area contributed by atoms with E-state index in [4.69, 9.17) is 11.5 Å². The van der Waals surface area contributed by atoms with Crippen molar-refractivity contribution in [2.75, 3.05) is 6.54 Å². The largest absolute Gasteiger partial charge is 0.368 e. The zero-order valence-electron chi connectivity index (χ0n) is 13.5. The van der Waals surface area contributed by atoms with Crippen LogP contribution in [0.1, 0.15) is 36.2 Å². The third kappa shape index (κ3) is 6.92. The molecule has 23 heavy (non-hydrogen) atoms. The van der Waals surface area contributed by atoms with E-state index in [0.717, 1.165) is 5.56 Å². The molecule has 0 aromatic heterocycles. The molecule has 0 saturated carbocycles. The number of hydrogen-bond acceptors (Lipinski definition) is 4. The topological polar surface area (TPSA) is 127 Å². The van der Waals surface area contributed by atoms with Gasteiger partial charge in [0.25, 0.3) is 5.91 Å². The lowest BCUT2D eigenvalue weighted by Crippen LogP contribution is -2.41. The Morgan fingerprint density at radius 3 is 2.22 bits per heavy atom. The minimum absolute atomic E-state index is 0.193. The number of rotatable bonds is 8. The highest BCUT2D eigenvalue weighted by Gasteiger charge is 2.14. The Hall–Kier alpha value is -2.41. The number of primary amides is 1. The second-order valence-electron chi connectivity index (χ2n) is 5.80. The van der Waals surface area contributed by atoms with Crippen molar-refractivity contribution < 1.29 is 14.4 Å². The van der Waals surface area contributed by atoms with Gasteiger partial charge in [-0.25, -0.2) is 0 Å². The van der Waals surface area contributed by atoms with Crippen LogP contribution in [0.25, 0.3) is 0 Å². The Morgan fingerprint density at radius 2 is 1.70 bits per heavy atom. The summed E-state index contributed by atoms with van der Waals surface area (Å²) >= 11 is 0. The number of nitrogens with one attached hydrogen (secondary N) is 2. The van der Waals surface area contributed by atoms with Crippen LogP contribution in [0.4, 0.5) is 0 Å². The fraction of sp³-hybridized carbons (Fsp3) is 0.438. The average molecular weight is 320 g/mol. The summed E-state index contributed by atoms with van der Waals surface area (Å²) in [5.74, 6) is -0.815. The number of amides is 3. The highest BCUT2D eigenvalue weighted by molar-refractivity contribution is 5.96. The molecule has 3 amide bonds. The van der Waals surface area contributed by atoms with E-state index in [1.807, 2.05) is 13.8 Å². The van der Waals surface area contributed by atoms with Gasteiger partial charge in [0, 0.05) is 12.1 Å². The van der Waals surface area contributed by atoms with Crippen molar-refractivity contribution >= 4 is 17.7 Å². The fourth-order valence-corrected chi connectivity index (χ4v) is 1.98. The van der Waals surface area contributed by atoms with E-state index < -0.39 is 11.9 Å².